The monoisotopic (exact) mass is 449 g/mol. The molecule has 1 aliphatic rings. The molecule has 148 valence electrons. The molecule has 0 saturated carbocycles. The fourth-order valence-corrected chi connectivity index (χ4v) is 3.32. The molecule has 1 aliphatic heterocycles. The number of benzene rings is 2. The Hall–Kier alpha value is -2.65. The molecule has 1 heterocycles. The van der Waals surface area contributed by atoms with Crippen molar-refractivity contribution >= 4 is 38.9 Å². The summed E-state index contributed by atoms with van der Waals surface area (Å²) in [4.78, 5) is 25.7. The van der Waals surface area contributed by atoms with E-state index in [-0.39, 0.29) is 17.0 Å². The summed E-state index contributed by atoms with van der Waals surface area (Å²) in [6.07, 6.45) is 0. The average Bonchev–Trinajstić information content (AvgIpc) is 2.69. The Labute approximate surface area is 170 Å². The van der Waals surface area contributed by atoms with E-state index in [4.69, 9.17) is 9.47 Å². The lowest BCUT2D eigenvalue weighted by Gasteiger charge is -2.30. The Morgan fingerprint density at radius 2 is 2.04 bits per heavy atom. The Balaban J connectivity index is 1.87. The van der Waals surface area contributed by atoms with Gasteiger partial charge in [0.2, 0.25) is 0 Å². The average molecular weight is 450 g/mol. The highest BCUT2D eigenvalue weighted by molar-refractivity contribution is 9.10. The molecular weight excluding hydrogens is 430 g/mol. The van der Waals surface area contributed by atoms with Gasteiger partial charge >= 0.3 is 5.69 Å². The molecule has 2 aromatic rings. The first kappa shape index (κ1) is 20.1. The Bertz CT molecular complexity index is 884. The van der Waals surface area contributed by atoms with Gasteiger partial charge < -0.3 is 19.7 Å². The van der Waals surface area contributed by atoms with Gasteiger partial charge in [-0.3, -0.25) is 14.9 Å². The predicted molar refractivity (Wildman–Crippen MR) is 109 cm³/mol. The second kappa shape index (κ2) is 9.03. The molecule has 3 rings (SSSR count). The number of carbonyl (C=O) groups excluding carboxylic acids is 1. The summed E-state index contributed by atoms with van der Waals surface area (Å²) in [5.74, 6) is -0.292. The molecule has 1 amide bonds. The molecule has 0 unspecified atom stereocenters. The van der Waals surface area contributed by atoms with E-state index in [1.54, 1.807) is 6.92 Å². The van der Waals surface area contributed by atoms with Gasteiger partial charge in [-0.2, -0.15) is 0 Å². The van der Waals surface area contributed by atoms with Crippen LogP contribution in [-0.4, -0.2) is 43.7 Å². The maximum Gasteiger partial charge on any atom is 0.311 e. The van der Waals surface area contributed by atoms with Crippen LogP contribution in [0.15, 0.2) is 40.9 Å². The smallest absolute Gasteiger partial charge is 0.311 e. The van der Waals surface area contributed by atoms with Crippen molar-refractivity contribution in [2.24, 2.45) is 0 Å². The van der Waals surface area contributed by atoms with Gasteiger partial charge in [-0.15, -0.1) is 0 Å². The van der Waals surface area contributed by atoms with Crippen LogP contribution in [0.4, 0.5) is 17.1 Å². The zero-order valence-corrected chi connectivity index (χ0v) is 16.9. The molecule has 0 radical (unpaired) electrons. The standard InChI is InChI=1S/C19H20BrN3O5/c1-2-28-18-6-3-13(11-17(18)23(25)26)19(24)21-15-12-14(20)4-5-16(15)22-7-9-27-10-8-22/h3-6,11-12H,2,7-10H2,1H3,(H,21,24). The second-order valence-electron chi connectivity index (χ2n) is 6.09. The zero-order chi connectivity index (χ0) is 20.1. The van der Waals surface area contributed by atoms with E-state index in [1.807, 2.05) is 18.2 Å². The number of carbonyl (C=O) groups is 1. The van der Waals surface area contributed by atoms with E-state index >= 15 is 0 Å². The van der Waals surface area contributed by atoms with Gasteiger partial charge in [-0.1, -0.05) is 15.9 Å². The summed E-state index contributed by atoms with van der Waals surface area (Å²) >= 11 is 3.42. The minimum absolute atomic E-state index is 0.139. The lowest BCUT2D eigenvalue weighted by atomic mass is 10.1. The summed E-state index contributed by atoms with van der Waals surface area (Å²) in [5.41, 5.74) is 1.44. The number of hydrogen-bond acceptors (Lipinski definition) is 6. The lowest BCUT2D eigenvalue weighted by Crippen LogP contribution is -2.36. The summed E-state index contributed by atoms with van der Waals surface area (Å²) in [6.45, 7) is 4.72. The summed E-state index contributed by atoms with van der Waals surface area (Å²) < 4.78 is 11.5. The number of halogens is 1. The van der Waals surface area contributed by atoms with Crippen LogP contribution in [-0.2, 0) is 4.74 Å². The van der Waals surface area contributed by atoms with Crippen molar-refractivity contribution in [3.05, 3.63) is 56.5 Å². The minimum atomic E-state index is -0.556. The van der Waals surface area contributed by atoms with E-state index in [0.717, 1.165) is 23.2 Å². The van der Waals surface area contributed by atoms with Gasteiger partial charge in [0.25, 0.3) is 5.91 Å². The number of anilines is 2. The number of nitro groups is 1. The lowest BCUT2D eigenvalue weighted by molar-refractivity contribution is -0.385. The number of rotatable bonds is 6. The van der Waals surface area contributed by atoms with Crippen molar-refractivity contribution in [2.75, 3.05) is 43.1 Å². The van der Waals surface area contributed by atoms with Crippen molar-refractivity contribution < 1.29 is 19.2 Å². The van der Waals surface area contributed by atoms with Crippen LogP contribution in [0.25, 0.3) is 0 Å². The number of hydrogen-bond donors (Lipinski definition) is 1. The molecule has 2 aromatic carbocycles. The normalized spacial score (nSPS) is 13.9. The van der Waals surface area contributed by atoms with Crippen LogP contribution in [0.3, 0.4) is 0 Å². The van der Waals surface area contributed by atoms with Gasteiger partial charge in [0.15, 0.2) is 5.75 Å². The van der Waals surface area contributed by atoms with Crippen LogP contribution in [0.2, 0.25) is 0 Å². The number of nitro benzene ring substituents is 1. The summed E-state index contributed by atoms with van der Waals surface area (Å²) in [7, 11) is 0. The maximum atomic E-state index is 12.8. The van der Waals surface area contributed by atoms with Crippen molar-refractivity contribution in [2.45, 2.75) is 6.92 Å². The molecule has 8 nitrogen and oxygen atoms in total. The molecule has 0 aromatic heterocycles. The second-order valence-corrected chi connectivity index (χ2v) is 7.00. The number of ether oxygens (including phenoxy) is 2. The molecule has 0 atom stereocenters. The molecule has 1 fully saturated rings. The quantitative estimate of drug-likeness (QED) is 0.531. The third kappa shape index (κ3) is 4.60. The number of nitrogens with zero attached hydrogens (tertiary/aromatic N) is 2. The van der Waals surface area contributed by atoms with Crippen molar-refractivity contribution in [1.82, 2.24) is 0 Å². The van der Waals surface area contributed by atoms with Crippen LogP contribution < -0.4 is 15.0 Å². The predicted octanol–water partition coefficient (Wildman–Crippen LogP) is 3.84. The van der Waals surface area contributed by atoms with Crippen LogP contribution in [0, 0.1) is 10.1 Å². The van der Waals surface area contributed by atoms with Gasteiger partial charge in [0, 0.05) is 29.2 Å². The molecule has 0 spiro atoms. The molecule has 9 heteroatoms. The van der Waals surface area contributed by atoms with Crippen molar-refractivity contribution in [3.63, 3.8) is 0 Å². The van der Waals surface area contributed by atoms with Gasteiger partial charge in [0.1, 0.15) is 0 Å². The van der Waals surface area contributed by atoms with Crippen molar-refractivity contribution in [1.29, 1.82) is 0 Å². The molecule has 1 N–H and O–H groups in total. The Morgan fingerprint density at radius 3 is 2.71 bits per heavy atom. The maximum absolute atomic E-state index is 12.8. The first-order chi connectivity index (χ1) is 13.5. The minimum Gasteiger partial charge on any atom is -0.487 e. The third-order valence-electron chi connectivity index (χ3n) is 4.28. The van der Waals surface area contributed by atoms with Gasteiger partial charge in [-0.25, -0.2) is 0 Å². The van der Waals surface area contributed by atoms with Gasteiger partial charge in [-0.05, 0) is 37.3 Å². The fourth-order valence-electron chi connectivity index (χ4n) is 2.96. The summed E-state index contributed by atoms with van der Waals surface area (Å²) in [6, 6.07) is 9.83. The highest BCUT2D eigenvalue weighted by Crippen LogP contribution is 2.32. The molecular formula is C19H20BrN3O5. The van der Waals surface area contributed by atoms with E-state index < -0.39 is 10.8 Å². The van der Waals surface area contributed by atoms with E-state index in [9.17, 15) is 14.9 Å². The largest absolute Gasteiger partial charge is 0.487 e. The number of amides is 1. The SMILES string of the molecule is CCOc1ccc(C(=O)Nc2cc(Br)ccc2N2CCOCC2)cc1[N+](=O)[O-]. The highest BCUT2D eigenvalue weighted by Gasteiger charge is 2.21. The summed E-state index contributed by atoms with van der Waals surface area (Å²) in [5, 5.41) is 14.2. The molecule has 0 aliphatic carbocycles. The number of nitrogens with one attached hydrogen (secondary N) is 1. The first-order valence-electron chi connectivity index (χ1n) is 8.84. The molecule has 1 saturated heterocycles. The molecule has 28 heavy (non-hydrogen) atoms. The number of morpholine rings is 1. The fraction of sp³-hybridized carbons (Fsp3) is 0.316. The van der Waals surface area contributed by atoms with E-state index in [2.05, 4.69) is 26.1 Å². The van der Waals surface area contributed by atoms with E-state index in [0.29, 0.717) is 25.5 Å². The van der Waals surface area contributed by atoms with Gasteiger partial charge in [0.05, 0.1) is 36.1 Å². The Kier molecular flexibility index (Phi) is 6.48. The first-order valence-corrected chi connectivity index (χ1v) is 9.63. The topological polar surface area (TPSA) is 93.9 Å². The van der Waals surface area contributed by atoms with Crippen LogP contribution >= 0.6 is 15.9 Å². The van der Waals surface area contributed by atoms with Crippen molar-refractivity contribution in [3.8, 4) is 5.75 Å². The van der Waals surface area contributed by atoms with Crippen LogP contribution in [0.5, 0.6) is 5.75 Å². The Morgan fingerprint density at radius 1 is 1.29 bits per heavy atom. The van der Waals surface area contributed by atoms with E-state index in [1.165, 1.54) is 18.2 Å². The highest BCUT2D eigenvalue weighted by atomic mass is 79.9. The van der Waals surface area contributed by atoms with Crippen LogP contribution in [0.1, 0.15) is 17.3 Å². The zero-order valence-electron chi connectivity index (χ0n) is 15.3. The third-order valence-corrected chi connectivity index (χ3v) is 4.77. The molecule has 0 bridgehead atoms.